The van der Waals surface area contributed by atoms with Gasteiger partial charge in [-0.25, -0.2) is 4.79 Å². The lowest BCUT2D eigenvalue weighted by Crippen LogP contribution is -2.27. The molecule has 0 spiro atoms. The summed E-state index contributed by atoms with van der Waals surface area (Å²) in [5.74, 6) is -0.981. The summed E-state index contributed by atoms with van der Waals surface area (Å²) in [6.45, 7) is 1.66. The van der Waals surface area contributed by atoms with Crippen LogP contribution in [-0.4, -0.2) is 16.9 Å². The number of para-hydroxylation sites is 1. The van der Waals surface area contributed by atoms with E-state index < -0.39 is 11.9 Å². The van der Waals surface area contributed by atoms with Crippen molar-refractivity contribution in [2.75, 3.05) is 0 Å². The topological polar surface area (TPSA) is 68.3 Å². The molecule has 148 valence electrons. The first-order valence-corrected chi connectivity index (χ1v) is 9.71. The van der Waals surface area contributed by atoms with Gasteiger partial charge in [-0.2, -0.15) is 5.48 Å². The largest absolute Gasteiger partial charge is 0.341 e. The zero-order chi connectivity index (χ0) is 20.9. The van der Waals surface area contributed by atoms with E-state index in [4.69, 9.17) is 4.84 Å². The molecule has 1 aromatic heterocycles. The van der Waals surface area contributed by atoms with Gasteiger partial charge < -0.3 is 4.84 Å². The van der Waals surface area contributed by atoms with Crippen molar-refractivity contribution >= 4 is 22.8 Å². The van der Waals surface area contributed by atoms with Gasteiger partial charge in [0.2, 0.25) is 0 Å². The van der Waals surface area contributed by atoms with Crippen LogP contribution in [-0.2, 0) is 9.63 Å². The second-order valence-corrected chi connectivity index (χ2v) is 6.77. The normalized spacial score (nSPS) is 10.6. The van der Waals surface area contributed by atoms with E-state index in [1.54, 1.807) is 13.0 Å². The van der Waals surface area contributed by atoms with E-state index in [1.165, 1.54) is 0 Å². The van der Waals surface area contributed by atoms with Crippen LogP contribution in [0.1, 0.15) is 23.7 Å². The summed E-state index contributed by atoms with van der Waals surface area (Å²) in [4.78, 5) is 33.7. The van der Waals surface area contributed by atoms with Gasteiger partial charge in [0.25, 0.3) is 5.91 Å². The molecule has 0 bridgehead atoms. The number of carbonyl (C=O) groups is 2. The molecule has 0 aliphatic heterocycles. The van der Waals surface area contributed by atoms with Crippen molar-refractivity contribution in [3.8, 4) is 22.3 Å². The fourth-order valence-electron chi connectivity index (χ4n) is 3.35. The number of rotatable bonds is 4. The lowest BCUT2D eigenvalue weighted by Gasteiger charge is -2.15. The van der Waals surface area contributed by atoms with Crippen LogP contribution in [0, 0.1) is 0 Å². The number of aromatic nitrogens is 1. The molecule has 0 aliphatic rings. The van der Waals surface area contributed by atoms with Crippen LogP contribution < -0.4 is 5.48 Å². The van der Waals surface area contributed by atoms with Gasteiger partial charge in [-0.05, 0) is 29.3 Å². The Kier molecular flexibility index (Phi) is 5.52. The van der Waals surface area contributed by atoms with Crippen molar-refractivity contribution in [2.45, 2.75) is 13.3 Å². The average molecular weight is 396 g/mol. The van der Waals surface area contributed by atoms with Gasteiger partial charge in [0.1, 0.15) is 0 Å². The summed E-state index contributed by atoms with van der Waals surface area (Å²) in [6, 6.07) is 25.1. The molecule has 5 heteroatoms. The molecule has 1 heterocycles. The Labute approximate surface area is 174 Å². The predicted octanol–water partition coefficient (Wildman–Crippen LogP) is 5.17. The lowest BCUT2D eigenvalue weighted by atomic mass is 9.90. The first-order chi connectivity index (χ1) is 14.7. The molecule has 5 nitrogen and oxygen atoms in total. The van der Waals surface area contributed by atoms with E-state index in [-0.39, 0.29) is 6.42 Å². The second kappa shape index (κ2) is 8.57. The highest BCUT2D eigenvalue weighted by molar-refractivity contribution is 6.05. The molecule has 0 atom stereocenters. The minimum atomic E-state index is -0.500. The predicted molar refractivity (Wildman–Crippen MR) is 116 cm³/mol. The van der Waals surface area contributed by atoms with Gasteiger partial charge in [0, 0.05) is 29.1 Å². The quantitative estimate of drug-likeness (QED) is 0.484. The molecule has 0 aliphatic carbocycles. The summed E-state index contributed by atoms with van der Waals surface area (Å²) >= 11 is 0. The number of pyridine rings is 1. The SMILES string of the molecule is CCC(=O)ONC(=O)c1cccc(-c2cnc3ccccc3c2)c1-c1ccccc1. The molecule has 0 saturated heterocycles. The van der Waals surface area contributed by atoms with Crippen molar-refractivity contribution < 1.29 is 14.4 Å². The van der Waals surface area contributed by atoms with Gasteiger partial charge >= 0.3 is 5.97 Å². The Bertz CT molecular complexity index is 1220. The van der Waals surface area contributed by atoms with Crippen LogP contribution in [0.4, 0.5) is 0 Å². The number of hydroxylamine groups is 1. The number of amides is 1. The molecule has 0 radical (unpaired) electrons. The average Bonchev–Trinajstić information content (AvgIpc) is 2.82. The molecule has 0 unspecified atom stereocenters. The highest BCUT2D eigenvalue weighted by Crippen LogP contribution is 2.35. The Morgan fingerprint density at radius 2 is 1.67 bits per heavy atom. The fraction of sp³-hybridized carbons (Fsp3) is 0.0800. The molecule has 0 fully saturated rings. The van der Waals surface area contributed by atoms with E-state index in [9.17, 15) is 9.59 Å². The standard InChI is InChI=1S/C25H20N2O3/c1-2-23(28)30-27-25(29)21-13-8-12-20(24(21)17-9-4-3-5-10-17)19-15-18-11-6-7-14-22(18)26-16-19/h3-16H,2H2,1H3,(H,27,29). The maximum absolute atomic E-state index is 12.9. The van der Waals surface area contributed by atoms with Crippen molar-refractivity contribution in [3.05, 3.63) is 90.6 Å². The van der Waals surface area contributed by atoms with E-state index in [1.807, 2.05) is 72.9 Å². The van der Waals surface area contributed by atoms with Crippen LogP contribution >= 0.6 is 0 Å². The third-order valence-electron chi connectivity index (χ3n) is 4.82. The smallest absolute Gasteiger partial charge is 0.331 e. The van der Waals surface area contributed by atoms with Crippen molar-refractivity contribution in [1.82, 2.24) is 10.5 Å². The number of nitrogens with zero attached hydrogens (tertiary/aromatic N) is 1. The molecule has 30 heavy (non-hydrogen) atoms. The summed E-state index contributed by atoms with van der Waals surface area (Å²) in [5.41, 5.74) is 6.98. The maximum atomic E-state index is 12.9. The highest BCUT2D eigenvalue weighted by atomic mass is 16.7. The summed E-state index contributed by atoms with van der Waals surface area (Å²) in [7, 11) is 0. The van der Waals surface area contributed by atoms with Crippen molar-refractivity contribution in [1.29, 1.82) is 0 Å². The van der Waals surface area contributed by atoms with Gasteiger partial charge in [-0.3, -0.25) is 9.78 Å². The Morgan fingerprint density at radius 3 is 2.47 bits per heavy atom. The van der Waals surface area contributed by atoms with E-state index >= 15 is 0 Å². The van der Waals surface area contributed by atoms with Crippen molar-refractivity contribution in [3.63, 3.8) is 0 Å². The first kappa shape index (κ1) is 19.3. The minimum absolute atomic E-state index is 0.175. The zero-order valence-corrected chi connectivity index (χ0v) is 16.5. The van der Waals surface area contributed by atoms with Crippen LogP contribution in [0.15, 0.2) is 85.1 Å². The number of carbonyl (C=O) groups excluding carboxylic acids is 2. The Morgan fingerprint density at radius 1 is 0.900 bits per heavy atom. The number of hydrogen-bond acceptors (Lipinski definition) is 4. The molecule has 1 amide bonds. The van der Waals surface area contributed by atoms with Gasteiger partial charge in [-0.15, -0.1) is 0 Å². The third-order valence-corrected chi connectivity index (χ3v) is 4.82. The number of benzene rings is 3. The first-order valence-electron chi connectivity index (χ1n) is 9.71. The molecular weight excluding hydrogens is 376 g/mol. The fourth-order valence-corrected chi connectivity index (χ4v) is 3.35. The zero-order valence-electron chi connectivity index (χ0n) is 16.5. The van der Waals surface area contributed by atoms with Crippen molar-refractivity contribution in [2.24, 2.45) is 0 Å². The number of fused-ring (bicyclic) bond motifs is 1. The minimum Gasteiger partial charge on any atom is -0.341 e. The Hall–Kier alpha value is -3.99. The van der Waals surface area contributed by atoms with Gasteiger partial charge in [0.15, 0.2) is 0 Å². The summed E-state index contributed by atoms with van der Waals surface area (Å²) in [5, 5.41) is 1.01. The second-order valence-electron chi connectivity index (χ2n) is 6.77. The molecule has 3 aromatic carbocycles. The maximum Gasteiger partial charge on any atom is 0.331 e. The monoisotopic (exact) mass is 396 g/mol. The lowest BCUT2D eigenvalue weighted by molar-refractivity contribution is -0.148. The van der Waals surface area contributed by atoms with Crippen LogP contribution in [0.3, 0.4) is 0 Å². The molecule has 0 saturated carbocycles. The van der Waals surface area contributed by atoms with Crippen LogP contribution in [0.2, 0.25) is 0 Å². The highest BCUT2D eigenvalue weighted by Gasteiger charge is 2.19. The van der Waals surface area contributed by atoms with Crippen LogP contribution in [0.5, 0.6) is 0 Å². The summed E-state index contributed by atoms with van der Waals surface area (Å²) in [6.07, 6.45) is 1.98. The van der Waals surface area contributed by atoms with Crippen LogP contribution in [0.25, 0.3) is 33.2 Å². The Balaban J connectivity index is 1.86. The molecular formula is C25H20N2O3. The molecule has 1 N–H and O–H groups in total. The summed E-state index contributed by atoms with van der Waals surface area (Å²) < 4.78 is 0. The third kappa shape index (κ3) is 3.91. The van der Waals surface area contributed by atoms with E-state index in [0.717, 1.165) is 33.2 Å². The van der Waals surface area contributed by atoms with Gasteiger partial charge in [0.05, 0.1) is 11.1 Å². The van der Waals surface area contributed by atoms with E-state index in [0.29, 0.717) is 5.56 Å². The van der Waals surface area contributed by atoms with Gasteiger partial charge in [-0.1, -0.05) is 67.6 Å². The van der Waals surface area contributed by atoms with E-state index in [2.05, 4.69) is 16.5 Å². The molecule has 4 rings (SSSR count). The number of hydrogen-bond donors (Lipinski definition) is 1. The molecule has 4 aromatic rings. The number of nitrogens with one attached hydrogen (secondary N) is 1.